The van der Waals surface area contributed by atoms with Crippen LogP contribution in [0.4, 0.5) is 11.6 Å². The molecule has 1 aromatic rings. The fraction of sp³-hybridized carbons (Fsp3) is 0.762. The van der Waals surface area contributed by atoms with Crippen LogP contribution in [-0.4, -0.2) is 41.0 Å². The summed E-state index contributed by atoms with van der Waals surface area (Å²) in [5, 5.41) is 6.71. The number of piperidine rings is 1. The van der Waals surface area contributed by atoms with Crippen LogP contribution in [0.5, 0.6) is 0 Å². The van der Waals surface area contributed by atoms with Crippen LogP contribution in [-0.2, 0) is 4.79 Å². The van der Waals surface area contributed by atoms with Crippen molar-refractivity contribution in [2.45, 2.75) is 82.7 Å². The predicted molar refractivity (Wildman–Crippen MR) is 108 cm³/mol. The summed E-state index contributed by atoms with van der Waals surface area (Å²) < 4.78 is 0. The van der Waals surface area contributed by atoms with E-state index in [-0.39, 0.29) is 5.91 Å². The van der Waals surface area contributed by atoms with Crippen LogP contribution in [0.15, 0.2) is 12.4 Å². The Hall–Kier alpha value is -1.85. The first kappa shape index (κ1) is 18.5. The first-order chi connectivity index (χ1) is 13.3. The molecule has 0 unspecified atom stereocenters. The molecule has 2 heterocycles. The van der Waals surface area contributed by atoms with E-state index in [0.717, 1.165) is 44.0 Å². The number of amides is 1. The first-order valence-corrected chi connectivity index (χ1v) is 10.9. The molecule has 1 aromatic heterocycles. The lowest BCUT2D eigenvalue weighted by Gasteiger charge is -2.33. The SMILES string of the molecule is O=C(CC[C@@H]1CCCN(c2cc(NC3CC3)ncn2)C1)NC1CCCCC1. The van der Waals surface area contributed by atoms with Gasteiger partial charge in [0.05, 0.1) is 0 Å². The zero-order valence-corrected chi connectivity index (χ0v) is 16.3. The van der Waals surface area contributed by atoms with Crippen molar-refractivity contribution in [1.82, 2.24) is 15.3 Å². The van der Waals surface area contributed by atoms with Gasteiger partial charge in [-0.05, 0) is 50.9 Å². The maximum Gasteiger partial charge on any atom is 0.220 e. The molecule has 2 saturated carbocycles. The Balaban J connectivity index is 1.24. The molecule has 4 rings (SSSR count). The van der Waals surface area contributed by atoms with E-state index in [0.29, 0.717) is 24.4 Å². The molecule has 2 aliphatic carbocycles. The molecule has 6 heteroatoms. The zero-order chi connectivity index (χ0) is 18.5. The van der Waals surface area contributed by atoms with Crippen molar-refractivity contribution in [2.24, 2.45) is 5.92 Å². The van der Waals surface area contributed by atoms with Crippen molar-refractivity contribution in [2.75, 3.05) is 23.3 Å². The van der Waals surface area contributed by atoms with Crippen molar-refractivity contribution in [3.8, 4) is 0 Å². The molecule has 148 valence electrons. The summed E-state index contributed by atoms with van der Waals surface area (Å²) >= 11 is 0. The van der Waals surface area contributed by atoms with Crippen LogP contribution >= 0.6 is 0 Å². The smallest absolute Gasteiger partial charge is 0.220 e. The summed E-state index contributed by atoms with van der Waals surface area (Å²) in [5.74, 6) is 2.78. The molecule has 2 N–H and O–H groups in total. The normalized spacial score (nSPS) is 23.9. The number of anilines is 2. The third-order valence-corrected chi connectivity index (χ3v) is 6.17. The number of hydrogen-bond acceptors (Lipinski definition) is 5. The van der Waals surface area contributed by atoms with E-state index in [1.165, 1.54) is 44.9 Å². The van der Waals surface area contributed by atoms with Gasteiger partial charge in [-0.2, -0.15) is 0 Å². The summed E-state index contributed by atoms with van der Waals surface area (Å²) in [4.78, 5) is 23.5. The number of carbonyl (C=O) groups is 1. The van der Waals surface area contributed by atoms with E-state index < -0.39 is 0 Å². The summed E-state index contributed by atoms with van der Waals surface area (Å²) in [5.41, 5.74) is 0. The van der Waals surface area contributed by atoms with E-state index in [9.17, 15) is 4.79 Å². The summed E-state index contributed by atoms with van der Waals surface area (Å²) in [7, 11) is 0. The van der Waals surface area contributed by atoms with Crippen LogP contribution < -0.4 is 15.5 Å². The first-order valence-electron chi connectivity index (χ1n) is 10.9. The van der Waals surface area contributed by atoms with E-state index in [4.69, 9.17) is 0 Å². The number of aromatic nitrogens is 2. The van der Waals surface area contributed by atoms with Gasteiger partial charge in [0, 0.05) is 37.7 Å². The van der Waals surface area contributed by atoms with Crippen molar-refractivity contribution in [3.63, 3.8) is 0 Å². The molecule has 0 radical (unpaired) electrons. The van der Waals surface area contributed by atoms with Gasteiger partial charge in [0.15, 0.2) is 0 Å². The topological polar surface area (TPSA) is 70.2 Å². The van der Waals surface area contributed by atoms with Crippen molar-refractivity contribution < 1.29 is 4.79 Å². The third kappa shape index (κ3) is 5.56. The largest absolute Gasteiger partial charge is 0.367 e. The minimum absolute atomic E-state index is 0.247. The average molecular weight is 372 g/mol. The molecule has 0 aromatic carbocycles. The fourth-order valence-electron chi connectivity index (χ4n) is 4.43. The number of nitrogens with zero attached hydrogens (tertiary/aromatic N) is 3. The Morgan fingerprint density at radius 3 is 2.70 bits per heavy atom. The Bertz CT molecular complexity index is 627. The quantitative estimate of drug-likeness (QED) is 0.768. The van der Waals surface area contributed by atoms with E-state index in [1.807, 2.05) is 0 Å². The number of rotatable bonds is 7. The molecule has 0 bridgehead atoms. The van der Waals surface area contributed by atoms with Gasteiger partial charge in [-0.25, -0.2) is 9.97 Å². The van der Waals surface area contributed by atoms with Crippen LogP contribution in [0.1, 0.15) is 70.6 Å². The molecule has 3 fully saturated rings. The maximum atomic E-state index is 12.3. The monoisotopic (exact) mass is 371 g/mol. The number of hydrogen-bond donors (Lipinski definition) is 2. The van der Waals surface area contributed by atoms with E-state index in [2.05, 4.69) is 31.6 Å². The molecule has 6 nitrogen and oxygen atoms in total. The lowest BCUT2D eigenvalue weighted by atomic mass is 9.92. The van der Waals surface area contributed by atoms with Crippen LogP contribution in [0.25, 0.3) is 0 Å². The Labute approximate surface area is 162 Å². The molecule has 0 spiro atoms. The van der Waals surface area contributed by atoms with Gasteiger partial charge in [-0.3, -0.25) is 4.79 Å². The third-order valence-electron chi connectivity index (χ3n) is 6.17. The summed E-state index contributed by atoms with van der Waals surface area (Å²) in [6, 6.07) is 3.10. The second-order valence-corrected chi connectivity index (χ2v) is 8.58. The van der Waals surface area contributed by atoms with Gasteiger partial charge in [-0.1, -0.05) is 19.3 Å². The van der Waals surface area contributed by atoms with Gasteiger partial charge in [-0.15, -0.1) is 0 Å². The molecule has 1 saturated heterocycles. The van der Waals surface area contributed by atoms with Crippen molar-refractivity contribution in [3.05, 3.63) is 12.4 Å². The van der Waals surface area contributed by atoms with Crippen LogP contribution in [0.2, 0.25) is 0 Å². The average Bonchev–Trinajstić information content (AvgIpc) is 3.52. The lowest BCUT2D eigenvalue weighted by Crippen LogP contribution is -2.38. The lowest BCUT2D eigenvalue weighted by molar-refractivity contribution is -0.122. The summed E-state index contributed by atoms with van der Waals surface area (Å²) in [6.45, 7) is 2.04. The molecule has 1 atom stereocenters. The highest BCUT2D eigenvalue weighted by molar-refractivity contribution is 5.76. The Morgan fingerprint density at radius 1 is 1.04 bits per heavy atom. The van der Waals surface area contributed by atoms with Gasteiger partial charge in [0.1, 0.15) is 18.0 Å². The fourth-order valence-corrected chi connectivity index (χ4v) is 4.43. The Morgan fingerprint density at radius 2 is 1.89 bits per heavy atom. The number of nitrogens with one attached hydrogen (secondary N) is 2. The minimum atomic E-state index is 0.247. The second kappa shape index (κ2) is 8.89. The van der Waals surface area contributed by atoms with Gasteiger partial charge >= 0.3 is 0 Å². The zero-order valence-electron chi connectivity index (χ0n) is 16.3. The molecule has 27 heavy (non-hydrogen) atoms. The van der Waals surface area contributed by atoms with E-state index >= 15 is 0 Å². The maximum absolute atomic E-state index is 12.3. The van der Waals surface area contributed by atoms with Crippen LogP contribution in [0.3, 0.4) is 0 Å². The molecular formula is C21H33N5O. The van der Waals surface area contributed by atoms with Gasteiger partial charge in [0.25, 0.3) is 0 Å². The van der Waals surface area contributed by atoms with Gasteiger partial charge in [0.2, 0.25) is 5.91 Å². The van der Waals surface area contributed by atoms with Crippen LogP contribution in [0, 0.1) is 5.92 Å². The standard InChI is InChI=1S/C21H33N5O/c27-21(25-17-6-2-1-3-7-17)11-8-16-5-4-12-26(14-16)20-13-19(22-15-23-20)24-18-9-10-18/h13,15-18H,1-12,14H2,(H,25,27)(H,22,23,24)/t16-/m0/s1. The predicted octanol–water partition coefficient (Wildman–Crippen LogP) is 3.50. The number of carbonyl (C=O) groups excluding carboxylic acids is 1. The van der Waals surface area contributed by atoms with Crippen molar-refractivity contribution >= 4 is 17.5 Å². The highest BCUT2D eigenvalue weighted by atomic mass is 16.1. The molecule has 1 amide bonds. The highest BCUT2D eigenvalue weighted by Crippen LogP contribution is 2.28. The molecule has 1 aliphatic heterocycles. The molecular weight excluding hydrogens is 338 g/mol. The highest BCUT2D eigenvalue weighted by Gasteiger charge is 2.24. The van der Waals surface area contributed by atoms with Crippen molar-refractivity contribution in [1.29, 1.82) is 0 Å². The second-order valence-electron chi connectivity index (χ2n) is 8.58. The van der Waals surface area contributed by atoms with Gasteiger partial charge < -0.3 is 15.5 Å². The minimum Gasteiger partial charge on any atom is -0.367 e. The van der Waals surface area contributed by atoms with E-state index in [1.54, 1.807) is 6.33 Å². The molecule has 3 aliphatic rings. The summed E-state index contributed by atoms with van der Waals surface area (Å²) in [6.07, 6.45) is 14.4. The Kier molecular flexibility index (Phi) is 6.10.